The van der Waals surface area contributed by atoms with E-state index in [1.54, 1.807) is 22.8 Å². The number of hydrogen-bond acceptors (Lipinski definition) is 5. The summed E-state index contributed by atoms with van der Waals surface area (Å²) in [6, 6.07) is 14.6. The molecule has 0 aliphatic heterocycles. The van der Waals surface area contributed by atoms with Gasteiger partial charge in [-0.15, -0.1) is 5.10 Å². The SMILES string of the molecule is CCCCCCCCCCOc1ccc(-c2cc3nc(-c4cccc(NS(C)(=O)=O)c4)nn3[nH]2)cc1Cl. The van der Waals surface area contributed by atoms with Gasteiger partial charge in [0.25, 0.3) is 0 Å². The van der Waals surface area contributed by atoms with Gasteiger partial charge in [-0.2, -0.15) is 4.63 Å². The second kappa shape index (κ2) is 12.5. The van der Waals surface area contributed by atoms with Crippen molar-refractivity contribution in [2.75, 3.05) is 17.6 Å². The minimum atomic E-state index is -3.37. The molecule has 0 aliphatic carbocycles. The van der Waals surface area contributed by atoms with Crippen LogP contribution in [0.15, 0.2) is 48.5 Å². The number of unbranched alkanes of at least 4 members (excludes halogenated alkanes) is 7. The van der Waals surface area contributed by atoms with Crippen molar-refractivity contribution in [3.8, 4) is 28.4 Å². The molecule has 2 heterocycles. The fraction of sp³-hybridized carbons (Fsp3) is 0.407. The summed E-state index contributed by atoms with van der Waals surface area (Å²) < 4.78 is 33.0. The van der Waals surface area contributed by atoms with E-state index in [-0.39, 0.29) is 0 Å². The molecular weight excluding hydrogens is 510 g/mol. The highest BCUT2D eigenvalue weighted by Crippen LogP contribution is 2.31. The van der Waals surface area contributed by atoms with Crippen molar-refractivity contribution in [1.29, 1.82) is 0 Å². The summed E-state index contributed by atoms with van der Waals surface area (Å²) in [5.41, 5.74) is 3.52. The molecule has 0 unspecified atom stereocenters. The number of aromatic nitrogens is 4. The summed E-state index contributed by atoms with van der Waals surface area (Å²) in [6.45, 7) is 2.91. The van der Waals surface area contributed by atoms with E-state index in [9.17, 15) is 8.42 Å². The number of hydrogen-bond donors (Lipinski definition) is 2. The second-order valence-electron chi connectivity index (χ2n) is 9.30. The lowest BCUT2D eigenvalue weighted by atomic mass is 10.1. The van der Waals surface area contributed by atoms with E-state index in [4.69, 9.17) is 16.3 Å². The Kier molecular flexibility index (Phi) is 9.10. The van der Waals surface area contributed by atoms with E-state index in [0.717, 1.165) is 23.9 Å². The molecule has 8 nitrogen and oxygen atoms in total. The Hall–Kier alpha value is -3.04. The molecule has 0 fully saturated rings. The lowest BCUT2D eigenvalue weighted by molar-refractivity contribution is 0.304. The molecule has 0 saturated heterocycles. The van der Waals surface area contributed by atoms with Gasteiger partial charge in [0.1, 0.15) is 5.75 Å². The number of sulfonamides is 1. The van der Waals surface area contributed by atoms with Crippen molar-refractivity contribution in [2.24, 2.45) is 0 Å². The highest BCUT2D eigenvalue weighted by atomic mass is 35.5. The topological polar surface area (TPSA) is 101 Å². The Morgan fingerprint density at radius 2 is 1.73 bits per heavy atom. The number of fused-ring (bicyclic) bond motifs is 1. The van der Waals surface area contributed by atoms with Crippen molar-refractivity contribution in [2.45, 2.75) is 58.3 Å². The average Bonchev–Trinajstić information content (AvgIpc) is 3.43. The summed E-state index contributed by atoms with van der Waals surface area (Å²) in [4.78, 5) is 4.58. The van der Waals surface area contributed by atoms with Crippen LogP contribution < -0.4 is 9.46 Å². The van der Waals surface area contributed by atoms with E-state index < -0.39 is 10.0 Å². The molecular formula is C27H34ClN5O3S. The van der Waals surface area contributed by atoms with Gasteiger partial charge in [-0.25, -0.2) is 13.4 Å². The lowest BCUT2D eigenvalue weighted by Gasteiger charge is -2.09. The first kappa shape index (κ1) is 27.0. The van der Waals surface area contributed by atoms with Gasteiger partial charge in [-0.1, -0.05) is 75.6 Å². The van der Waals surface area contributed by atoms with Crippen LogP contribution in [0.1, 0.15) is 58.3 Å². The Morgan fingerprint density at radius 1 is 0.973 bits per heavy atom. The van der Waals surface area contributed by atoms with Gasteiger partial charge in [0.05, 0.1) is 23.6 Å². The Labute approximate surface area is 223 Å². The molecule has 2 aromatic carbocycles. The average molecular weight is 544 g/mol. The maximum absolute atomic E-state index is 11.5. The fourth-order valence-corrected chi connectivity index (χ4v) is 4.98. The van der Waals surface area contributed by atoms with Gasteiger partial charge in [0.15, 0.2) is 11.5 Å². The van der Waals surface area contributed by atoms with E-state index >= 15 is 0 Å². The molecule has 2 N–H and O–H groups in total. The third-order valence-corrected chi connectivity index (χ3v) is 6.96. The quantitative estimate of drug-likeness (QED) is 0.168. The smallest absolute Gasteiger partial charge is 0.229 e. The van der Waals surface area contributed by atoms with Crippen molar-refractivity contribution in [1.82, 2.24) is 19.8 Å². The summed E-state index contributed by atoms with van der Waals surface area (Å²) in [6.07, 6.45) is 11.2. The highest BCUT2D eigenvalue weighted by molar-refractivity contribution is 7.92. The number of nitrogens with one attached hydrogen (secondary N) is 2. The Balaban J connectivity index is 1.34. The van der Waals surface area contributed by atoms with Crippen LogP contribution in [0.25, 0.3) is 28.3 Å². The normalized spacial score (nSPS) is 11.8. The Bertz CT molecular complexity index is 1400. The van der Waals surface area contributed by atoms with Crippen LogP contribution in [0.4, 0.5) is 5.69 Å². The molecule has 0 spiro atoms. The molecule has 2 aromatic heterocycles. The first-order valence-corrected chi connectivity index (χ1v) is 15.1. The van der Waals surface area contributed by atoms with Crippen LogP contribution >= 0.6 is 11.6 Å². The predicted molar refractivity (Wildman–Crippen MR) is 150 cm³/mol. The number of aromatic amines is 1. The van der Waals surface area contributed by atoms with Crippen LogP contribution in [0.3, 0.4) is 0 Å². The minimum absolute atomic E-state index is 0.457. The third kappa shape index (κ3) is 7.72. The zero-order valence-electron chi connectivity index (χ0n) is 21.3. The minimum Gasteiger partial charge on any atom is -0.492 e. The first-order chi connectivity index (χ1) is 17.8. The number of benzene rings is 2. The molecule has 0 amide bonds. The van der Waals surface area contributed by atoms with Gasteiger partial charge in [-0.3, -0.25) is 9.82 Å². The zero-order chi connectivity index (χ0) is 26.3. The molecule has 0 saturated carbocycles. The summed E-state index contributed by atoms with van der Waals surface area (Å²) in [7, 11) is -3.37. The highest BCUT2D eigenvalue weighted by Gasteiger charge is 2.13. The van der Waals surface area contributed by atoms with Crippen LogP contribution in [0.5, 0.6) is 5.75 Å². The standard InChI is InChI=1S/C27H34ClN5O3S/c1-3-4-5-6-7-8-9-10-16-36-25-15-14-20(18-23(25)28)24-19-26-29-27(31-33(26)30-24)21-12-11-13-22(17-21)32-37(2,34)35/h11-15,17-19,30,32H,3-10,16H2,1-2H3. The largest absolute Gasteiger partial charge is 0.492 e. The third-order valence-electron chi connectivity index (χ3n) is 6.05. The molecule has 0 aliphatic rings. The van der Waals surface area contributed by atoms with E-state index in [2.05, 4.69) is 26.8 Å². The van der Waals surface area contributed by atoms with E-state index in [1.165, 1.54) is 44.9 Å². The van der Waals surface area contributed by atoms with Crippen molar-refractivity contribution >= 4 is 33.0 Å². The molecule has 0 radical (unpaired) electrons. The van der Waals surface area contributed by atoms with Crippen LogP contribution in [0.2, 0.25) is 5.02 Å². The number of rotatable bonds is 14. The van der Waals surface area contributed by atoms with Gasteiger partial charge >= 0.3 is 0 Å². The summed E-state index contributed by atoms with van der Waals surface area (Å²) >= 11 is 6.50. The predicted octanol–water partition coefficient (Wildman–Crippen LogP) is 6.94. The van der Waals surface area contributed by atoms with Crippen LogP contribution in [0, 0.1) is 0 Å². The van der Waals surface area contributed by atoms with Crippen LogP contribution in [-0.2, 0) is 10.0 Å². The number of nitrogens with zero attached hydrogens (tertiary/aromatic N) is 3. The number of H-pyrrole nitrogens is 1. The first-order valence-electron chi connectivity index (χ1n) is 12.8. The lowest BCUT2D eigenvalue weighted by Crippen LogP contribution is -2.09. The molecule has 198 valence electrons. The van der Waals surface area contributed by atoms with Crippen molar-refractivity contribution in [3.63, 3.8) is 0 Å². The molecule has 10 heteroatoms. The van der Waals surface area contributed by atoms with Gasteiger partial charge in [0, 0.05) is 22.9 Å². The van der Waals surface area contributed by atoms with Gasteiger partial charge in [-0.05, 0) is 36.8 Å². The fourth-order valence-electron chi connectivity index (χ4n) is 4.18. The Morgan fingerprint density at radius 3 is 2.43 bits per heavy atom. The van der Waals surface area contributed by atoms with Gasteiger partial charge in [0.2, 0.25) is 10.0 Å². The summed E-state index contributed by atoms with van der Waals surface area (Å²) in [5, 5.41) is 8.29. The van der Waals surface area contributed by atoms with Crippen LogP contribution in [-0.4, -0.2) is 41.1 Å². The maximum atomic E-state index is 11.5. The molecule has 4 aromatic rings. The molecule has 37 heavy (non-hydrogen) atoms. The number of ether oxygens (including phenoxy) is 1. The molecule has 0 atom stereocenters. The zero-order valence-corrected chi connectivity index (χ0v) is 22.9. The van der Waals surface area contributed by atoms with E-state index in [1.807, 2.05) is 30.3 Å². The van der Waals surface area contributed by atoms with Gasteiger partial charge < -0.3 is 4.74 Å². The number of halogens is 1. The summed E-state index contributed by atoms with van der Waals surface area (Å²) in [5.74, 6) is 1.17. The molecule has 4 rings (SSSR count). The number of anilines is 1. The van der Waals surface area contributed by atoms with Crippen molar-refractivity contribution < 1.29 is 13.2 Å². The molecule has 0 bridgehead atoms. The van der Waals surface area contributed by atoms with E-state index in [0.29, 0.717) is 40.1 Å². The monoisotopic (exact) mass is 543 g/mol. The maximum Gasteiger partial charge on any atom is 0.229 e. The second-order valence-corrected chi connectivity index (χ2v) is 11.5. The van der Waals surface area contributed by atoms with Crippen molar-refractivity contribution in [3.05, 3.63) is 53.6 Å².